The zero-order chi connectivity index (χ0) is 55.3. The number of para-hydroxylation sites is 1. The molecule has 1 fully saturated rings. The molecule has 8 N–H and O–H groups in total. The van der Waals surface area contributed by atoms with E-state index >= 15 is 0 Å². The van der Waals surface area contributed by atoms with E-state index in [1.54, 1.807) is 82.5 Å². The second-order valence-corrected chi connectivity index (χ2v) is 18.0. The standard InChI is InChI=1S/C28H36N6O6.C15H21N5O3.C4H10.2C3H8/c1-5-34(28(40)31-21-14-10-7-11-15-21)18-19(2)25(37)29-16-22(35)26(38)30-17-23(36)32-24(27(39)33(3)4)20-12-8-6-9-13-20;16-12(21)9-19-15(23)13(10-4-2-1-3-5-10)20-14(22)11-8-17-6-7-18-11;1-4(2)3;2*1-3-2/h6-15,19,24H,5,16-18H2,1-4H3,(H,29,37)(H,30,38)(H,31,40)(H,32,36);6-8,10,13H,1-5,9H2,(H2,16,21)(H,19,23)(H,20,22);4H,1-3H3;2*3H2,1-2H3/t19-,24-;;;;/m0..../s1. The first kappa shape index (κ1) is 65.8. The molecule has 0 spiro atoms. The van der Waals surface area contributed by atoms with Gasteiger partial charge in [-0.15, -0.1) is 0 Å². The number of aromatic nitrogens is 2. The number of nitrogens with one attached hydrogen (secondary N) is 6. The van der Waals surface area contributed by atoms with E-state index in [0.29, 0.717) is 17.8 Å². The fourth-order valence-corrected chi connectivity index (χ4v) is 6.36. The summed E-state index contributed by atoms with van der Waals surface area (Å²) in [6.07, 6.45) is 11.6. The van der Waals surface area contributed by atoms with E-state index in [4.69, 9.17) is 5.73 Å². The number of nitrogens with two attached hydrogens (primary N) is 1. The minimum atomic E-state index is -1.06. The highest BCUT2D eigenvalue weighted by molar-refractivity contribution is 6.37. The Labute approximate surface area is 432 Å². The van der Waals surface area contributed by atoms with Crippen molar-refractivity contribution in [1.29, 1.82) is 0 Å². The molecule has 1 aliphatic carbocycles. The van der Waals surface area contributed by atoms with Crippen molar-refractivity contribution in [3.8, 4) is 0 Å². The topological polar surface area (TPSA) is 284 Å². The maximum Gasteiger partial charge on any atom is 0.321 e. The van der Waals surface area contributed by atoms with E-state index < -0.39 is 72.3 Å². The summed E-state index contributed by atoms with van der Waals surface area (Å²) in [5.74, 6) is -4.82. The lowest BCUT2D eigenvalue weighted by atomic mass is 9.83. The molecule has 20 nitrogen and oxygen atoms in total. The van der Waals surface area contributed by atoms with Gasteiger partial charge in [0.15, 0.2) is 0 Å². The van der Waals surface area contributed by atoms with E-state index in [1.165, 1.54) is 41.2 Å². The third kappa shape index (κ3) is 29.0. The lowest BCUT2D eigenvalue weighted by molar-refractivity contribution is -0.139. The van der Waals surface area contributed by atoms with Crippen molar-refractivity contribution in [2.24, 2.45) is 23.5 Å². The summed E-state index contributed by atoms with van der Waals surface area (Å²) in [5.41, 5.74) is 6.38. The van der Waals surface area contributed by atoms with E-state index in [-0.39, 0.29) is 36.6 Å². The molecule has 73 heavy (non-hydrogen) atoms. The Balaban J connectivity index is 0.00000131. The smallest absolute Gasteiger partial charge is 0.321 e. The van der Waals surface area contributed by atoms with Gasteiger partial charge in [0, 0.05) is 45.3 Å². The van der Waals surface area contributed by atoms with Crippen LogP contribution in [0.2, 0.25) is 0 Å². The van der Waals surface area contributed by atoms with Crippen molar-refractivity contribution in [2.45, 2.75) is 119 Å². The van der Waals surface area contributed by atoms with Gasteiger partial charge in [0.25, 0.3) is 11.8 Å². The molecule has 1 unspecified atom stereocenters. The predicted molar refractivity (Wildman–Crippen MR) is 283 cm³/mol. The molecule has 20 heteroatoms. The van der Waals surface area contributed by atoms with Crippen LogP contribution < -0.4 is 37.6 Å². The Hall–Kier alpha value is -7.25. The first-order valence-corrected chi connectivity index (χ1v) is 25.0. The number of nitrogens with zero attached hydrogens (tertiary/aromatic N) is 4. The van der Waals surface area contributed by atoms with Gasteiger partial charge in [0.1, 0.15) is 17.8 Å². The number of amides is 9. The molecule has 1 saturated carbocycles. The number of urea groups is 1. The maximum atomic E-state index is 12.5. The molecule has 404 valence electrons. The maximum absolute atomic E-state index is 12.5. The molecule has 0 aliphatic heterocycles. The number of hydrogen-bond acceptors (Lipinski definition) is 11. The second kappa shape index (κ2) is 38.4. The molecular weight excluding hydrogens is 935 g/mol. The van der Waals surface area contributed by atoms with Gasteiger partial charge in [0.05, 0.1) is 31.7 Å². The van der Waals surface area contributed by atoms with Gasteiger partial charge in [-0.1, -0.05) is 136 Å². The Morgan fingerprint density at radius 1 is 0.699 bits per heavy atom. The van der Waals surface area contributed by atoms with Crippen molar-refractivity contribution in [2.75, 3.05) is 52.1 Å². The van der Waals surface area contributed by atoms with Crippen molar-refractivity contribution in [1.82, 2.24) is 46.4 Å². The first-order valence-electron chi connectivity index (χ1n) is 25.0. The van der Waals surface area contributed by atoms with Gasteiger partial charge in [-0.2, -0.15) is 0 Å². The Bertz CT molecular complexity index is 2100. The third-order valence-corrected chi connectivity index (χ3v) is 9.77. The average Bonchev–Trinajstić information content (AvgIpc) is 3.37. The Kier molecular flexibility index (Phi) is 34.6. The van der Waals surface area contributed by atoms with Crippen LogP contribution in [-0.4, -0.2) is 126 Å². The van der Waals surface area contributed by atoms with Crippen LogP contribution in [0.4, 0.5) is 10.5 Å². The van der Waals surface area contributed by atoms with Crippen LogP contribution in [0.5, 0.6) is 0 Å². The quantitative estimate of drug-likeness (QED) is 0.0769. The van der Waals surface area contributed by atoms with E-state index in [2.05, 4.69) is 90.3 Å². The number of benzene rings is 2. The van der Waals surface area contributed by atoms with Crippen LogP contribution in [0.25, 0.3) is 0 Å². The largest absolute Gasteiger partial charge is 0.368 e. The molecular formula is C53H83N11O9. The lowest BCUT2D eigenvalue weighted by Gasteiger charge is -2.29. The molecule has 4 rings (SSSR count). The summed E-state index contributed by atoms with van der Waals surface area (Å²) >= 11 is 0. The average molecular weight is 1020 g/mol. The van der Waals surface area contributed by atoms with Gasteiger partial charge >= 0.3 is 6.03 Å². The third-order valence-electron chi connectivity index (χ3n) is 9.77. The Morgan fingerprint density at radius 3 is 1.75 bits per heavy atom. The van der Waals surface area contributed by atoms with Gasteiger partial charge in [-0.25, -0.2) is 9.78 Å². The zero-order valence-electron chi connectivity index (χ0n) is 44.9. The van der Waals surface area contributed by atoms with Gasteiger partial charge in [-0.05, 0) is 49.3 Å². The van der Waals surface area contributed by atoms with Crippen LogP contribution in [0.15, 0.2) is 79.3 Å². The molecule has 0 bridgehead atoms. The molecule has 1 aromatic heterocycles. The summed E-state index contributed by atoms with van der Waals surface area (Å²) in [6.45, 7) is 17.5. The van der Waals surface area contributed by atoms with E-state index in [1.807, 2.05) is 6.07 Å². The summed E-state index contributed by atoms with van der Waals surface area (Å²) in [6, 6.07) is 15.5. The number of primary amides is 1. The number of likely N-dealkylation sites (N-methyl/N-ethyl adjacent to an activating group) is 1. The van der Waals surface area contributed by atoms with Crippen LogP contribution in [0.1, 0.15) is 129 Å². The molecule has 0 radical (unpaired) electrons. The highest BCUT2D eigenvalue weighted by Crippen LogP contribution is 2.27. The predicted octanol–water partition coefficient (Wildman–Crippen LogP) is 5.18. The van der Waals surface area contributed by atoms with Crippen molar-refractivity contribution in [3.05, 3.63) is 90.5 Å². The first-order chi connectivity index (χ1) is 34.7. The highest BCUT2D eigenvalue weighted by Gasteiger charge is 2.32. The number of carbonyl (C=O) groups excluding carboxylic acids is 9. The monoisotopic (exact) mass is 1020 g/mol. The second-order valence-electron chi connectivity index (χ2n) is 18.0. The molecule has 1 aliphatic rings. The molecule has 1 heterocycles. The van der Waals surface area contributed by atoms with Crippen molar-refractivity contribution in [3.63, 3.8) is 0 Å². The van der Waals surface area contributed by atoms with Crippen molar-refractivity contribution < 1.29 is 43.2 Å². The summed E-state index contributed by atoms with van der Waals surface area (Å²) in [4.78, 5) is 120. The van der Waals surface area contributed by atoms with Crippen molar-refractivity contribution >= 4 is 58.9 Å². The van der Waals surface area contributed by atoms with Gasteiger partial charge in [-0.3, -0.25) is 43.3 Å². The number of ketones is 1. The number of rotatable bonds is 19. The van der Waals surface area contributed by atoms with Crippen LogP contribution in [-0.2, 0) is 33.6 Å². The molecule has 0 saturated heterocycles. The number of carbonyl (C=O) groups is 9. The van der Waals surface area contributed by atoms with Gasteiger partial charge < -0.3 is 47.4 Å². The fourth-order valence-electron chi connectivity index (χ4n) is 6.36. The Morgan fingerprint density at radius 2 is 1.25 bits per heavy atom. The van der Waals surface area contributed by atoms with Crippen LogP contribution in [0.3, 0.4) is 0 Å². The lowest BCUT2D eigenvalue weighted by Crippen LogP contribution is -2.52. The molecule has 9 amide bonds. The SMILES string of the molecule is CC(C)C.CCC.CCC.CCN(C[C@H](C)C(=O)NCC(=O)C(=O)NCC(=O)N[C@H](C(=O)N(C)C)c1ccccc1)C(=O)Nc1ccccc1.NC(=O)CNC(=O)C(NC(=O)c1cnccn1)C1CCCCC1. The number of hydrogen-bond donors (Lipinski definition) is 7. The number of anilines is 1. The number of Topliss-reactive ketones (excluding diaryl/α,β-unsaturated/α-hetero) is 1. The van der Waals surface area contributed by atoms with Crippen LogP contribution in [0, 0.1) is 17.8 Å². The van der Waals surface area contributed by atoms with Crippen LogP contribution >= 0.6 is 0 Å². The minimum Gasteiger partial charge on any atom is -0.368 e. The molecule has 2 aromatic carbocycles. The minimum absolute atomic E-state index is 0.0391. The highest BCUT2D eigenvalue weighted by atomic mass is 16.2. The molecule has 3 aromatic rings. The molecule has 3 atom stereocenters. The fraction of sp³-hybridized carbons (Fsp3) is 0.528. The summed E-state index contributed by atoms with van der Waals surface area (Å²) in [5, 5.41) is 15.1. The van der Waals surface area contributed by atoms with Gasteiger partial charge in [0.2, 0.25) is 35.3 Å². The summed E-state index contributed by atoms with van der Waals surface area (Å²) < 4.78 is 0. The van der Waals surface area contributed by atoms with E-state index in [9.17, 15) is 43.2 Å². The zero-order valence-corrected chi connectivity index (χ0v) is 44.9. The van der Waals surface area contributed by atoms with E-state index in [0.717, 1.165) is 38.0 Å². The normalized spacial score (nSPS) is 12.6. The summed E-state index contributed by atoms with van der Waals surface area (Å²) in [7, 11) is 3.11.